The van der Waals surface area contributed by atoms with Gasteiger partial charge in [-0.25, -0.2) is 0 Å². The molecule has 0 atom stereocenters. The first kappa shape index (κ1) is 17.1. The number of imide groups is 1. The molecule has 1 aromatic rings. The van der Waals surface area contributed by atoms with Crippen molar-refractivity contribution >= 4 is 23.7 Å². The summed E-state index contributed by atoms with van der Waals surface area (Å²) in [5.74, 6) is -1.86. The molecule has 132 valence electrons. The molecule has 1 N–H and O–H groups in total. The number of carboxylic acid groups (broad SMARTS) is 1. The summed E-state index contributed by atoms with van der Waals surface area (Å²) in [6, 6.07) is 6.70. The summed E-state index contributed by atoms with van der Waals surface area (Å²) in [7, 11) is 0. The van der Waals surface area contributed by atoms with E-state index in [9.17, 15) is 19.2 Å². The minimum Gasteiger partial charge on any atom is -0.481 e. The van der Waals surface area contributed by atoms with E-state index in [2.05, 4.69) is 0 Å². The first-order valence-corrected chi connectivity index (χ1v) is 8.45. The monoisotopic (exact) mass is 344 g/mol. The highest BCUT2D eigenvalue weighted by Gasteiger charge is 2.34. The fourth-order valence-electron chi connectivity index (χ4n) is 3.36. The van der Waals surface area contributed by atoms with E-state index in [0.717, 1.165) is 0 Å². The number of fused-ring (bicyclic) bond motifs is 1. The van der Waals surface area contributed by atoms with Crippen LogP contribution in [0.1, 0.15) is 46.4 Å². The molecule has 0 unspecified atom stereocenters. The predicted molar refractivity (Wildman–Crippen MR) is 88.0 cm³/mol. The second-order valence-electron chi connectivity index (χ2n) is 6.40. The van der Waals surface area contributed by atoms with Crippen LogP contribution in [0.15, 0.2) is 24.3 Å². The van der Waals surface area contributed by atoms with Crippen LogP contribution in [-0.2, 0) is 9.59 Å². The van der Waals surface area contributed by atoms with E-state index in [1.807, 2.05) is 0 Å². The van der Waals surface area contributed by atoms with Crippen LogP contribution in [0.4, 0.5) is 0 Å². The normalized spacial score (nSPS) is 17.8. The molecule has 0 aromatic heterocycles. The first-order valence-electron chi connectivity index (χ1n) is 8.45. The fourth-order valence-corrected chi connectivity index (χ4v) is 3.36. The number of carboxylic acids is 1. The van der Waals surface area contributed by atoms with Gasteiger partial charge >= 0.3 is 5.97 Å². The number of benzene rings is 1. The molecule has 2 heterocycles. The Morgan fingerprint density at radius 2 is 1.60 bits per heavy atom. The molecule has 2 aliphatic rings. The van der Waals surface area contributed by atoms with Gasteiger partial charge in [-0.15, -0.1) is 0 Å². The van der Waals surface area contributed by atoms with E-state index in [-0.39, 0.29) is 36.6 Å². The van der Waals surface area contributed by atoms with Crippen LogP contribution in [-0.4, -0.2) is 58.2 Å². The average Bonchev–Trinajstić information content (AvgIpc) is 2.87. The third-order valence-electron chi connectivity index (χ3n) is 4.85. The maximum Gasteiger partial charge on any atom is 0.306 e. The van der Waals surface area contributed by atoms with E-state index in [1.165, 1.54) is 4.90 Å². The highest BCUT2D eigenvalue weighted by atomic mass is 16.4. The number of likely N-dealkylation sites (tertiary alicyclic amines) is 1. The highest BCUT2D eigenvalue weighted by molar-refractivity contribution is 6.21. The van der Waals surface area contributed by atoms with E-state index >= 15 is 0 Å². The molecule has 1 aromatic carbocycles. The number of rotatable bonds is 5. The van der Waals surface area contributed by atoms with Crippen LogP contribution in [0.3, 0.4) is 0 Å². The van der Waals surface area contributed by atoms with Crippen LogP contribution in [0.25, 0.3) is 0 Å². The second-order valence-corrected chi connectivity index (χ2v) is 6.40. The molecule has 0 bridgehead atoms. The number of nitrogens with zero attached hydrogens (tertiary/aromatic N) is 2. The lowest BCUT2D eigenvalue weighted by Crippen LogP contribution is -2.40. The fraction of sp³-hybridized carbons (Fsp3) is 0.444. The van der Waals surface area contributed by atoms with Gasteiger partial charge < -0.3 is 10.0 Å². The van der Waals surface area contributed by atoms with Crippen molar-refractivity contribution < 1.29 is 24.3 Å². The number of aliphatic carboxylic acids is 1. The molecule has 25 heavy (non-hydrogen) atoms. The zero-order valence-electron chi connectivity index (χ0n) is 13.8. The Balaban J connectivity index is 1.48. The Kier molecular flexibility index (Phi) is 4.83. The van der Waals surface area contributed by atoms with Crippen molar-refractivity contribution in [2.45, 2.75) is 25.7 Å². The summed E-state index contributed by atoms with van der Waals surface area (Å²) in [6.07, 6.45) is 1.59. The average molecular weight is 344 g/mol. The van der Waals surface area contributed by atoms with E-state index < -0.39 is 5.97 Å². The van der Waals surface area contributed by atoms with Crippen LogP contribution in [0, 0.1) is 5.92 Å². The van der Waals surface area contributed by atoms with Crippen molar-refractivity contribution in [3.05, 3.63) is 35.4 Å². The number of carbonyl (C=O) groups is 4. The van der Waals surface area contributed by atoms with Crippen molar-refractivity contribution in [3.63, 3.8) is 0 Å². The lowest BCUT2D eigenvalue weighted by molar-refractivity contribution is -0.145. The van der Waals surface area contributed by atoms with Gasteiger partial charge in [0.2, 0.25) is 5.91 Å². The van der Waals surface area contributed by atoms with Crippen molar-refractivity contribution in [2.75, 3.05) is 19.6 Å². The molecule has 1 fully saturated rings. The van der Waals surface area contributed by atoms with Crippen molar-refractivity contribution in [1.82, 2.24) is 9.80 Å². The Morgan fingerprint density at radius 3 is 2.12 bits per heavy atom. The maximum atomic E-state index is 12.2. The number of hydrogen-bond donors (Lipinski definition) is 1. The van der Waals surface area contributed by atoms with Gasteiger partial charge in [0.15, 0.2) is 0 Å². The molecule has 0 spiro atoms. The van der Waals surface area contributed by atoms with E-state index in [0.29, 0.717) is 43.5 Å². The SMILES string of the molecule is O=C(O)C1CCN(C(=O)CCCN2C(=O)c3ccccc3C2=O)CC1. The molecule has 0 aliphatic carbocycles. The van der Waals surface area contributed by atoms with Gasteiger partial charge in [0.25, 0.3) is 11.8 Å². The van der Waals surface area contributed by atoms with Crippen LogP contribution in [0.2, 0.25) is 0 Å². The first-order chi connectivity index (χ1) is 12.0. The smallest absolute Gasteiger partial charge is 0.306 e. The predicted octanol–water partition coefficient (Wildman–Crippen LogP) is 1.39. The third kappa shape index (κ3) is 3.40. The van der Waals surface area contributed by atoms with E-state index in [4.69, 9.17) is 5.11 Å². The van der Waals surface area contributed by atoms with Gasteiger partial charge in [-0.3, -0.25) is 24.1 Å². The summed E-state index contributed by atoms with van der Waals surface area (Å²) in [5.41, 5.74) is 0.823. The molecule has 0 radical (unpaired) electrons. The molecule has 2 aliphatic heterocycles. The number of amides is 3. The Bertz CT molecular complexity index is 687. The van der Waals surface area contributed by atoms with Gasteiger partial charge in [-0.2, -0.15) is 0 Å². The minimum absolute atomic E-state index is 0.0551. The molecule has 3 amide bonds. The Labute approximate surface area is 145 Å². The summed E-state index contributed by atoms with van der Waals surface area (Å²) in [4.78, 5) is 50.5. The van der Waals surface area contributed by atoms with E-state index in [1.54, 1.807) is 29.2 Å². The lowest BCUT2D eigenvalue weighted by atomic mass is 9.97. The largest absolute Gasteiger partial charge is 0.481 e. The summed E-state index contributed by atoms with van der Waals surface area (Å²) in [5, 5.41) is 8.98. The number of piperidine rings is 1. The minimum atomic E-state index is -0.808. The molecule has 1 saturated heterocycles. The molecule has 3 rings (SSSR count). The van der Waals surface area contributed by atoms with Crippen molar-refractivity contribution in [2.24, 2.45) is 5.92 Å². The van der Waals surface area contributed by atoms with Crippen molar-refractivity contribution in [3.8, 4) is 0 Å². The van der Waals surface area contributed by atoms with Crippen LogP contribution >= 0.6 is 0 Å². The van der Waals surface area contributed by atoms with Crippen LogP contribution < -0.4 is 0 Å². The lowest BCUT2D eigenvalue weighted by Gasteiger charge is -2.30. The Morgan fingerprint density at radius 1 is 1.04 bits per heavy atom. The second kappa shape index (κ2) is 7.04. The van der Waals surface area contributed by atoms with Gasteiger partial charge in [0.05, 0.1) is 17.0 Å². The Hall–Kier alpha value is -2.70. The quantitative estimate of drug-likeness (QED) is 0.815. The standard InChI is InChI=1S/C18H20N2O5/c21-15(19-10-7-12(8-11-19)18(24)25)6-3-9-20-16(22)13-4-1-2-5-14(13)17(20)23/h1-2,4-5,12H,3,6-11H2,(H,24,25). The molecule has 7 nitrogen and oxygen atoms in total. The highest BCUT2D eigenvalue weighted by Crippen LogP contribution is 2.23. The zero-order chi connectivity index (χ0) is 18.0. The van der Waals surface area contributed by atoms with Gasteiger partial charge in [-0.05, 0) is 31.4 Å². The van der Waals surface area contributed by atoms with Gasteiger partial charge in [-0.1, -0.05) is 12.1 Å². The number of hydrogen-bond acceptors (Lipinski definition) is 4. The van der Waals surface area contributed by atoms with Gasteiger partial charge in [0.1, 0.15) is 0 Å². The topological polar surface area (TPSA) is 95.0 Å². The van der Waals surface area contributed by atoms with Crippen molar-refractivity contribution in [1.29, 1.82) is 0 Å². The third-order valence-corrected chi connectivity index (χ3v) is 4.85. The zero-order valence-corrected chi connectivity index (χ0v) is 13.8. The summed E-state index contributed by atoms with van der Waals surface area (Å²) >= 11 is 0. The molecule has 0 saturated carbocycles. The molecule has 7 heteroatoms. The van der Waals surface area contributed by atoms with Gasteiger partial charge in [0, 0.05) is 26.1 Å². The molecular formula is C18H20N2O5. The molecular weight excluding hydrogens is 324 g/mol. The number of carbonyl (C=O) groups excluding carboxylic acids is 3. The summed E-state index contributed by atoms with van der Waals surface area (Å²) in [6.45, 7) is 1.11. The summed E-state index contributed by atoms with van der Waals surface area (Å²) < 4.78 is 0. The van der Waals surface area contributed by atoms with Crippen LogP contribution in [0.5, 0.6) is 0 Å². The maximum absolute atomic E-state index is 12.2.